The molecule has 0 aliphatic rings. The lowest BCUT2D eigenvalue weighted by molar-refractivity contribution is 0.0710. The Morgan fingerprint density at radius 1 is 1.29 bits per heavy atom. The second-order valence-corrected chi connectivity index (χ2v) is 4.98. The number of likely N-dealkylation sites (N-methyl/N-ethyl adjacent to an activating group) is 1. The van der Waals surface area contributed by atoms with Gasteiger partial charge in [0, 0.05) is 19.3 Å². The maximum atomic E-state index is 12.5. The van der Waals surface area contributed by atoms with Gasteiger partial charge in [-0.05, 0) is 38.4 Å². The molecule has 21 heavy (non-hydrogen) atoms. The number of pyridine rings is 1. The Bertz CT molecular complexity index is 582. The molecular weight excluding hydrogens is 270 g/mol. The van der Waals surface area contributed by atoms with Crippen molar-refractivity contribution in [3.8, 4) is 5.75 Å². The molecule has 0 bridgehead atoms. The number of carbonyl (C=O) groups excluding carboxylic acids is 1. The van der Waals surface area contributed by atoms with Gasteiger partial charge in [-0.25, -0.2) is 4.98 Å². The minimum atomic E-state index is -0.314. The number of hydrogen-bond acceptors (Lipinski definition) is 5. The van der Waals surface area contributed by atoms with Gasteiger partial charge in [-0.3, -0.25) is 4.79 Å². The molecule has 0 saturated heterocycles. The highest BCUT2D eigenvalue weighted by Gasteiger charge is 2.21. The van der Waals surface area contributed by atoms with Crippen LogP contribution < -0.4 is 0 Å². The molecule has 6 heteroatoms. The van der Waals surface area contributed by atoms with Crippen molar-refractivity contribution in [2.45, 2.75) is 6.54 Å². The third kappa shape index (κ3) is 4.06. The van der Waals surface area contributed by atoms with Crippen molar-refractivity contribution in [3.63, 3.8) is 0 Å². The van der Waals surface area contributed by atoms with E-state index in [1.165, 1.54) is 12.3 Å². The number of rotatable bonds is 6. The number of carbonyl (C=O) groups is 1. The molecule has 0 fully saturated rings. The maximum absolute atomic E-state index is 12.5. The number of nitrogens with zero attached hydrogens (tertiary/aromatic N) is 3. The van der Waals surface area contributed by atoms with Gasteiger partial charge in [-0.1, -0.05) is 0 Å². The van der Waals surface area contributed by atoms with E-state index >= 15 is 0 Å². The predicted octanol–water partition coefficient (Wildman–Crippen LogP) is 1.58. The van der Waals surface area contributed by atoms with Gasteiger partial charge in [-0.15, -0.1) is 0 Å². The first kappa shape index (κ1) is 15.1. The zero-order valence-corrected chi connectivity index (χ0v) is 12.2. The molecule has 0 unspecified atom stereocenters. The van der Waals surface area contributed by atoms with Crippen LogP contribution in [0.5, 0.6) is 5.75 Å². The molecule has 2 aromatic heterocycles. The van der Waals surface area contributed by atoms with Crippen LogP contribution >= 0.6 is 0 Å². The zero-order chi connectivity index (χ0) is 15.2. The van der Waals surface area contributed by atoms with E-state index in [1.807, 2.05) is 25.1 Å². The first-order valence-corrected chi connectivity index (χ1v) is 6.68. The second-order valence-electron chi connectivity index (χ2n) is 4.98. The van der Waals surface area contributed by atoms with Gasteiger partial charge < -0.3 is 19.3 Å². The van der Waals surface area contributed by atoms with Gasteiger partial charge >= 0.3 is 0 Å². The Kier molecular flexibility index (Phi) is 4.94. The molecule has 0 aliphatic heterocycles. The first-order chi connectivity index (χ1) is 10.1. The topological polar surface area (TPSA) is 69.8 Å². The van der Waals surface area contributed by atoms with Crippen LogP contribution in [0, 0.1) is 0 Å². The summed E-state index contributed by atoms with van der Waals surface area (Å²) in [5, 5.41) is 9.79. The van der Waals surface area contributed by atoms with Crippen molar-refractivity contribution in [1.82, 2.24) is 14.8 Å². The molecule has 0 atom stereocenters. The van der Waals surface area contributed by atoms with Gasteiger partial charge in [-0.2, -0.15) is 0 Å². The third-order valence-electron chi connectivity index (χ3n) is 3.02. The minimum Gasteiger partial charge on any atom is -0.505 e. The zero-order valence-electron chi connectivity index (χ0n) is 12.2. The average Bonchev–Trinajstić information content (AvgIpc) is 2.96. The van der Waals surface area contributed by atoms with Gasteiger partial charge in [0.05, 0.1) is 12.8 Å². The van der Waals surface area contributed by atoms with Crippen molar-refractivity contribution in [3.05, 3.63) is 48.2 Å². The Morgan fingerprint density at radius 2 is 2.10 bits per heavy atom. The van der Waals surface area contributed by atoms with Crippen molar-refractivity contribution in [2.75, 3.05) is 27.2 Å². The molecule has 2 aromatic rings. The highest BCUT2D eigenvalue weighted by Crippen LogP contribution is 2.17. The summed E-state index contributed by atoms with van der Waals surface area (Å²) in [6.07, 6.45) is 3.06. The monoisotopic (exact) mass is 289 g/mol. The molecule has 0 saturated carbocycles. The van der Waals surface area contributed by atoms with Crippen LogP contribution in [0.1, 0.15) is 16.2 Å². The van der Waals surface area contributed by atoms with E-state index in [0.29, 0.717) is 25.4 Å². The fourth-order valence-electron chi connectivity index (χ4n) is 1.88. The van der Waals surface area contributed by atoms with Gasteiger partial charge in [0.2, 0.25) is 0 Å². The average molecular weight is 289 g/mol. The fourth-order valence-corrected chi connectivity index (χ4v) is 1.88. The quantitative estimate of drug-likeness (QED) is 0.874. The Balaban J connectivity index is 2.17. The Morgan fingerprint density at radius 3 is 2.71 bits per heavy atom. The number of amides is 1. The Hall–Kier alpha value is -2.34. The molecule has 112 valence electrons. The summed E-state index contributed by atoms with van der Waals surface area (Å²) in [6, 6.07) is 6.64. The van der Waals surface area contributed by atoms with Crippen LogP contribution in [-0.4, -0.2) is 53.0 Å². The van der Waals surface area contributed by atoms with Crippen LogP contribution in [-0.2, 0) is 6.54 Å². The summed E-state index contributed by atoms with van der Waals surface area (Å²) in [6.45, 7) is 1.57. The van der Waals surface area contributed by atoms with E-state index in [2.05, 4.69) is 4.98 Å². The summed E-state index contributed by atoms with van der Waals surface area (Å²) in [4.78, 5) is 20.1. The summed E-state index contributed by atoms with van der Waals surface area (Å²) < 4.78 is 5.30. The van der Waals surface area contributed by atoms with E-state index in [0.717, 1.165) is 0 Å². The van der Waals surface area contributed by atoms with Crippen LogP contribution in [0.15, 0.2) is 41.1 Å². The van der Waals surface area contributed by atoms with Gasteiger partial charge in [0.1, 0.15) is 11.5 Å². The van der Waals surface area contributed by atoms with E-state index in [1.54, 1.807) is 23.3 Å². The summed E-state index contributed by atoms with van der Waals surface area (Å²) in [5.74, 6) is 0.265. The lowest BCUT2D eigenvalue weighted by Gasteiger charge is -2.23. The maximum Gasteiger partial charge on any atom is 0.276 e. The molecule has 0 aliphatic carbocycles. The SMILES string of the molecule is CN(C)CCN(Cc1ccco1)C(=O)c1ncccc1O. The molecule has 0 spiro atoms. The normalized spacial score (nSPS) is 10.8. The molecule has 2 rings (SSSR count). The van der Waals surface area contributed by atoms with Crippen LogP contribution in [0.25, 0.3) is 0 Å². The van der Waals surface area contributed by atoms with Gasteiger partial charge in [0.15, 0.2) is 5.69 Å². The number of aromatic nitrogens is 1. The van der Waals surface area contributed by atoms with Crippen LogP contribution in [0.2, 0.25) is 0 Å². The first-order valence-electron chi connectivity index (χ1n) is 6.68. The standard InChI is InChI=1S/C15H19N3O3/c1-17(2)8-9-18(11-12-5-4-10-21-12)15(20)14-13(19)6-3-7-16-14/h3-7,10,19H,8-9,11H2,1-2H3. The van der Waals surface area contributed by atoms with Crippen molar-refractivity contribution < 1.29 is 14.3 Å². The van der Waals surface area contributed by atoms with Crippen molar-refractivity contribution in [2.24, 2.45) is 0 Å². The third-order valence-corrected chi connectivity index (χ3v) is 3.02. The van der Waals surface area contributed by atoms with Crippen LogP contribution in [0.3, 0.4) is 0 Å². The number of furan rings is 1. The molecule has 0 radical (unpaired) electrons. The molecular formula is C15H19N3O3. The molecule has 1 N–H and O–H groups in total. The van der Waals surface area contributed by atoms with E-state index in [9.17, 15) is 9.90 Å². The highest BCUT2D eigenvalue weighted by molar-refractivity contribution is 5.94. The number of hydrogen-bond donors (Lipinski definition) is 1. The highest BCUT2D eigenvalue weighted by atomic mass is 16.3. The van der Waals surface area contributed by atoms with E-state index < -0.39 is 0 Å². The fraction of sp³-hybridized carbons (Fsp3) is 0.333. The summed E-state index contributed by atoms with van der Waals surface area (Å²) in [7, 11) is 3.88. The van der Waals surface area contributed by atoms with Crippen molar-refractivity contribution >= 4 is 5.91 Å². The summed E-state index contributed by atoms with van der Waals surface area (Å²) >= 11 is 0. The van der Waals surface area contributed by atoms with E-state index in [-0.39, 0.29) is 17.4 Å². The minimum absolute atomic E-state index is 0.0582. The second kappa shape index (κ2) is 6.90. The number of aromatic hydroxyl groups is 1. The predicted molar refractivity (Wildman–Crippen MR) is 77.9 cm³/mol. The lowest BCUT2D eigenvalue weighted by Crippen LogP contribution is -2.36. The van der Waals surface area contributed by atoms with E-state index in [4.69, 9.17) is 4.42 Å². The summed E-state index contributed by atoms with van der Waals surface area (Å²) in [5.41, 5.74) is 0.0582. The van der Waals surface area contributed by atoms with Crippen molar-refractivity contribution in [1.29, 1.82) is 0 Å². The lowest BCUT2D eigenvalue weighted by atomic mass is 10.2. The molecule has 1 amide bonds. The van der Waals surface area contributed by atoms with Gasteiger partial charge in [0.25, 0.3) is 5.91 Å². The smallest absolute Gasteiger partial charge is 0.276 e. The molecule has 2 heterocycles. The Labute approximate surface area is 123 Å². The molecule has 0 aromatic carbocycles. The molecule has 6 nitrogen and oxygen atoms in total. The van der Waals surface area contributed by atoms with Crippen LogP contribution in [0.4, 0.5) is 0 Å². The largest absolute Gasteiger partial charge is 0.505 e.